The Hall–Kier alpha value is -3.70. The highest BCUT2D eigenvalue weighted by atomic mass is 35.5. The zero-order chi connectivity index (χ0) is 28.4. The number of carbonyl (C=O) groups is 2. The normalized spacial score (nSPS) is 17.1. The number of anilines is 2. The number of esters is 1. The summed E-state index contributed by atoms with van der Waals surface area (Å²) in [5.41, 5.74) is 15.9. The number of hydrogen-bond acceptors (Lipinski definition) is 9. The molecule has 12 heteroatoms. The van der Waals surface area contributed by atoms with E-state index in [1.54, 1.807) is 31.1 Å². The number of methoxy groups -OCH3 is 1. The Kier molecular flexibility index (Phi) is 8.41. The molecule has 0 radical (unpaired) electrons. The minimum absolute atomic E-state index is 0.0222. The number of nitrogen functional groups attached to an aromatic ring is 2. The predicted octanol–water partition coefficient (Wildman–Crippen LogP) is 2.36. The van der Waals surface area contributed by atoms with Crippen LogP contribution in [0.5, 0.6) is 11.5 Å². The Morgan fingerprint density at radius 2 is 1.69 bits per heavy atom. The molecule has 2 aliphatic heterocycles. The lowest BCUT2D eigenvalue weighted by atomic mass is 10.1. The van der Waals surface area contributed by atoms with Gasteiger partial charge in [0.1, 0.15) is 11.5 Å². The van der Waals surface area contributed by atoms with Gasteiger partial charge in [-0.2, -0.15) is 0 Å². The first-order valence-electron chi connectivity index (χ1n) is 12.6. The molecule has 3 aromatic rings. The average Bonchev–Trinajstić information content (AvgIpc) is 3.60. The van der Waals surface area contributed by atoms with Crippen LogP contribution in [0.1, 0.15) is 17.5 Å². The number of ether oxygens (including phenoxy) is 3. The Morgan fingerprint density at radius 1 is 1.05 bits per heavy atom. The van der Waals surface area contributed by atoms with Crippen LogP contribution in [0.3, 0.4) is 0 Å². The fraction of sp³-hybridized carbons (Fsp3) is 0.444. The summed E-state index contributed by atoms with van der Waals surface area (Å²) in [5.74, 6) is 1.45. The molecular formula is C27H35ClN6O5. The van der Waals surface area contributed by atoms with Crippen molar-refractivity contribution in [1.82, 2.24) is 19.4 Å². The predicted molar refractivity (Wildman–Crippen MR) is 150 cm³/mol. The molecule has 0 saturated carbocycles. The Balaban J connectivity index is 0.000000202. The third-order valence-corrected chi connectivity index (χ3v) is 7.16. The van der Waals surface area contributed by atoms with Gasteiger partial charge in [0.25, 0.3) is 5.91 Å². The van der Waals surface area contributed by atoms with E-state index in [9.17, 15) is 9.59 Å². The van der Waals surface area contributed by atoms with Crippen LogP contribution in [0.15, 0.2) is 24.3 Å². The smallest absolute Gasteiger partial charge is 0.347 e. The van der Waals surface area contributed by atoms with Crippen molar-refractivity contribution >= 4 is 46.1 Å². The number of aromatic nitrogens is 2. The second-order valence-corrected chi connectivity index (χ2v) is 10.4. The maximum Gasteiger partial charge on any atom is 0.347 e. The van der Waals surface area contributed by atoms with Gasteiger partial charge < -0.3 is 40.0 Å². The molecule has 2 aromatic carbocycles. The number of benzene rings is 2. The summed E-state index contributed by atoms with van der Waals surface area (Å²) < 4.78 is 17.9. The number of imidazole rings is 1. The van der Waals surface area contributed by atoms with Crippen molar-refractivity contribution in [3.63, 3.8) is 0 Å². The summed E-state index contributed by atoms with van der Waals surface area (Å²) in [5, 5.41) is 0.457. The van der Waals surface area contributed by atoms with Gasteiger partial charge in [0, 0.05) is 44.6 Å². The van der Waals surface area contributed by atoms with Crippen molar-refractivity contribution in [2.24, 2.45) is 0 Å². The van der Waals surface area contributed by atoms with Gasteiger partial charge in [0.05, 0.1) is 28.9 Å². The molecule has 1 aromatic heterocycles. The number of halogens is 1. The van der Waals surface area contributed by atoms with E-state index in [0.717, 1.165) is 47.4 Å². The van der Waals surface area contributed by atoms with E-state index >= 15 is 0 Å². The molecule has 39 heavy (non-hydrogen) atoms. The van der Waals surface area contributed by atoms with Gasteiger partial charge in [0.15, 0.2) is 12.2 Å². The van der Waals surface area contributed by atoms with Crippen LogP contribution in [0.25, 0.3) is 11.0 Å². The summed E-state index contributed by atoms with van der Waals surface area (Å²) in [6.45, 7) is 1.77. The lowest BCUT2D eigenvalue weighted by Crippen LogP contribution is -2.36. The molecular weight excluding hydrogens is 524 g/mol. The number of fused-ring (bicyclic) bond motifs is 4. The molecule has 2 atom stereocenters. The first-order valence-corrected chi connectivity index (χ1v) is 13.0. The van der Waals surface area contributed by atoms with E-state index in [1.165, 1.54) is 7.11 Å². The van der Waals surface area contributed by atoms with Gasteiger partial charge in [-0.1, -0.05) is 11.6 Å². The molecule has 5 rings (SSSR count). The number of carbonyl (C=O) groups excluding carboxylic acids is 2. The van der Waals surface area contributed by atoms with Crippen LogP contribution < -0.4 is 20.9 Å². The molecule has 2 unspecified atom stereocenters. The molecule has 0 fully saturated rings. The topological polar surface area (TPSA) is 138 Å². The van der Waals surface area contributed by atoms with Crippen molar-refractivity contribution in [1.29, 1.82) is 0 Å². The number of amides is 1. The fourth-order valence-electron chi connectivity index (χ4n) is 4.75. The Morgan fingerprint density at radius 3 is 2.36 bits per heavy atom. The van der Waals surface area contributed by atoms with Crippen LogP contribution >= 0.6 is 11.6 Å². The van der Waals surface area contributed by atoms with Gasteiger partial charge in [-0.05, 0) is 51.3 Å². The van der Waals surface area contributed by atoms with Gasteiger partial charge in [0.2, 0.25) is 5.95 Å². The van der Waals surface area contributed by atoms with Gasteiger partial charge >= 0.3 is 5.97 Å². The van der Waals surface area contributed by atoms with Crippen LogP contribution in [-0.2, 0) is 33.7 Å². The first-order chi connectivity index (χ1) is 18.5. The molecule has 0 aliphatic carbocycles. The van der Waals surface area contributed by atoms with Crippen LogP contribution in [0.4, 0.5) is 11.6 Å². The Bertz CT molecular complexity index is 1390. The average molecular weight is 559 g/mol. The lowest BCUT2D eigenvalue weighted by Gasteiger charge is -2.15. The van der Waals surface area contributed by atoms with Crippen molar-refractivity contribution < 1.29 is 23.8 Å². The highest BCUT2D eigenvalue weighted by Crippen LogP contribution is 2.38. The van der Waals surface area contributed by atoms with Crippen LogP contribution in [-0.4, -0.2) is 85.3 Å². The van der Waals surface area contributed by atoms with E-state index < -0.39 is 18.2 Å². The zero-order valence-electron chi connectivity index (χ0n) is 22.9. The van der Waals surface area contributed by atoms with Crippen molar-refractivity contribution in [2.45, 2.75) is 38.0 Å². The van der Waals surface area contributed by atoms with E-state index in [1.807, 2.05) is 16.7 Å². The van der Waals surface area contributed by atoms with Gasteiger partial charge in [-0.3, -0.25) is 4.79 Å². The Labute approximate surface area is 232 Å². The number of hydrogen-bond donors (Lipinski definition) is 2. The first kappa shape index (κ1) is 28.3. The highest BCUT2D eigenvalue weighted by molar-refractivity contribution is 6.34. The van der Waals surface area contributed by atoms with E-state index in [4.69, 9.17) is 32.5 Å². The monoisotopic (exact) mass is 558 g/mol. The number of nitrogens with zero attached hydrogens (tertiary/aromatic N) is 4. The SMILES string of the molecule is CN(C)CCCn1c(N)nc2ccc3c(c21)CC(C(=O)N(C)C)O3.COC(=O)C1Cc2c(ccc(N)c2Cl)O1. The molecule has 4 N–H and O–H groups in total. The summed E-state index contributed by atoms with van der Waals surface area (Å²) in [7, 11) is 8.92. The third-order valence-electron chi connectivity index (χ3n) is 6.71. The quantitative estimate of drug-likeness (QED) is 0.345. The second kappa shape index (κ2) is 11.6. The molecule has 0 spiro atoms. The summed E-state index contributed by atoms with van der Waals surface area (Å²) in [6.07, 6.45) is 0.873. The minimum Gasteiger partial charge on any atom is -0.480 e. The number of rotatable bonds is 6. The summed E-state index contributed by atoms with van der Waals surface area (Å²) in [4.78, 5) is 31.7. The number of nitrogens with two attached hydrogens (primary N) is 2. The second-order valence-electron chi connectivity index (χ2n) is 10.0. The lowest BCUT2D eigenvalue weighted by molar-refractivity contribution is -0.147. The van der Waals surface area contributed by atoms with E-state index in [-0.39, 0.29) is 5.91 Å². The summed E-state index contributed by atoms with van der Waals surface area (Å²) >= 11 is 5.99. The van der Waals surface area contributed by atoms with Gasteiger partial charge in [-0.25, -0.2) is 9.78 Å². The van der Waals surface area contributed by atoms with Crippen molar-refractivity contribution in [3.05, 3.63) is 40.4 Å². The molecule has 0 bridgehead atoms. The fourth-order valence-corrected chi connectivity index (χ4v) is 4.98. The number of likely N-dealkylation sites (N-methyl/N-ethyl adjacent to an activating group) is 1. The molecule has 210 valence electrons. The third kappa shape index (κ3) is 5.84. The standard InChI is InChI=1S/C17H25N5O2.C10H10ClNO3/c1-20(2)8-5-9-22-15-11-10-14(16(23)21(3)4)24-13(11)7-6-12(15)19-17(22)18;1-14-10(13)8-4-5-7(15-8)3-2-6(12)9(5)11/h6-7,14H,5,8-10H2,1-4H3,(H2,18,19);2-3,8H,4,12H2,1H3. The molecule has 3 heterocycles. The van der Waals surface area contributed by atoms with Crippen LogP contribution in [0.2, 0.25) is 5.02 Å². The van der Waals surface area contributed by atoms with Crippen molar-refractivity contribution in [2.75, 3.05) is 53.3 Å². The minimum atomic E-state index is -0.607. The maximum atomic E-state index is 12.2. The molecule has 11 nitrogen and oxygen atoms in total. The molecule has 2 aliphatic rings. The zero-order valence-corrected chi connectivity index (χ0v) is 23.6. The number of aryl methyl sites for hydroxylation is 1. The summed E-state index contributed by atoms with van der Waals surface area (Å²) in [6, 6.07) is 7.16. The van der Waals surface area contributed by atoms with Crippen LogP contribution in [0, 0.1) is 0 Å². The molecule has 1 amide bonds. The van der Waals surface area contributed by atoms with E-state index in [0.29, 0.717) is 35.2 Å². The maximum absolute atomic E-state index is 12.2. The highest BCUT2D eigenvalue weighted by Gasteiger charge is 2.33. The van der Waals surface area contributed by atoms with Gasteiger partial charge in [-0.15, -0.1) is 0 Å². The largest absolute Gasteiger partial charge is 0.480 e. The van der Waals surface area contributed by atoms with E-state index in [2.05, 4.69) is 28.7 Å². The molecule has 0 saturated heterocycles. The van der Waals surface area contributed by atoms with Crippen molar-refractivity contribution in [3.8, 4) is 11.5 Å².